The summed E-state index contributed by atoms with van der Waals surface area (Å²) in [6, 6.07) is 54.3. The molecule has 7 aromatic carbocycles. The summed E-state index contributed by atoms with van der Waals surface area (Å²) in [6.07, 6.45) is 1.88. The number of furan rings is 1. The van der Waals surface area contributed by atoms with Gasteiger partial charge in [0.15, 0.2) is 0 Å². The molecule has 0 aliphatic heterocycles. The van der Waals surface area contributed by atoms with Crippen molar-refractivity contribution in [2.75, 3.05) is 0 Å². The van der Waals surface area contributed by atoms with Crippen molar-refractivity contribution in [3.05, 3.63) is 158 Å². The number of aromatic nitrogens is 2. The standard InChI is InChI=1S/C46H26N2OS/c1-2-13-33-31(11-1)32-12-3-4-14-34(32)40-26-28(19-20-35(33)40)27-9-7-10-29(25-27)30-16-8-17-37-39-21-22-41(48-46(39)49-44(30)37)43-45-38(23-24-47-43)36-15-5-6-18-42(36)50-45/h1-26H. The van der Waals surface area contributed by atoms with Crippen LogP contribution in [0.5, 0.6) is 0 Å². The van der Waals surface area contributed by atoms with Gasteiger partial charge in [-0.3, -0.25) is 4.98 Å². The molecule has 4 heterocycles. The Labute approximate surface area is 290 Å². The van der Waals surface area contributed by atoms with Gasteiger partial charge in [0.05, 0.1) is 10.4 Å². The average Bonchev–Trinajstić information content (AvgIpc) is 3.76. The van der Waals surface area contributed by atoms with Crippen LogP contribution < -0.4 is 0 Å². The van der Waals surface area contributed by atoms with E-state index in [0.717, 1.165) is 49.1 Å². The SMILES string of the molecule is c1cc(-c2ccc3c4ccccc4c4ccccc4c3c2)cc(-c2cccc3c2oc2nc(-c4nccc5c4sc4ccccc45)ccc23)c1. The Hall–Kier alpha value is -6.36. The first kappa shape index (κ1) is 27.6. The smallest absolute Gasteiger partial charge is 0.227 e. The summed E-state index contributed by atoms with van der Waals surface area (Å²) in [5, 5.41) is 12.2. The van der Waals surface area contributed by atoms with Crippen LogP contribution in [0.25, 0.3) is 108 Å². The first-order chi connectivity index (χ1) is 24.8. The van der Waals surface area contributed by atoms with Crippen molar-refractivity contribution in [2.24, 2.45) is 0 Å². The Morgan fingerprint density at radius 3 is 1.90 bits per heavy atom. The Morgan fingerprint density at radius 2 is 1.08 bits per heavy atom. The second-order valence-corrected chi connectivity index (χ2v) is 14.0. The zero-order valence-electron chi connectivity index (χ0n) is 26.7. The monoisotopic (exact) mass is 654 g/mol. The molecule has 0 spiro atoms. The van der Waals surface area contributed by atoms with Crippen molar-refractivity contribution in [1.29, 1.82) is 0 Å². The Kier molecular flexibility index (Phi) is 5.83. The molecule has 11 aromatic rings. The molecule has 4 heteroatoms. The number of nitrogens with zero attached hydrogens (tertiary/aromatic N) is 2. The van der Waals surface area contributed by atoms with E-state index in [4.69, 9.17) is 14.4 Å². The van der Waals surface area contributed by atoms with Crippen molar-refractivity contribution < 1.29 is 4.42 Å². The van der Waals surface area contributed by atoms with Crippen LogP contribution in [-0.2, 0) is 0 Å². The van der Waals surface area contributed by atoms with E-state index in [9.17, 15) is 0 Å². The molecule has 0 amide bonds. The molecular formula is C46H26N2OS. The predicted octanol–water partition coefficient (Wildman–Crippen LogP) is 13.2. The molecule has 11 rings (SSSR count). The molecule has 232 valence electrons. The van der Waals surface area contributed by atoms with E-state index in [1.807, 2.05) is 6.20 Å². The van der Waals surface area contributed by atoms with Gasteiger partial charge in [-0.15, -0.1) is 11.3 Å². The molecule has 0 unspecified atom stereocenters. The Morgan fingerprint density at radius 1 is 0.440 bits per heavy atom. The fraction of sp³-hybridized carbons (Fsp3) is 0. The maximum atomic E-state index is 6.63. The zero-order chi connectivity index (χ0) is 32.8. The highest BCUT2D eigenvalue weighted by Gasteiger charge is 2.18. The highest BCUT2D eigenvalue weighted by molar-refractivity contribution is 7.26. The third-order valence-corrected chi connectivity index (χ3v) is 11.3. The van der Waals surface area contributed by atoms with E-state index in [0.29, 0.717) is 5.71 Å². The number of fused-ring (bicyclic) bond motifs is 12. The second kappa shape index (κ2) is 10.6. The first-order valence-corrected chi connectivity index (χ1v) is 17.6. The van der Waals surface area contributed by atoms with Gasteiger partial charge in [-0.1, -0.05) is 115 Å². The lowest BCUT2D eigenvalue weighted by Gasteiger charge is -2.12. The van der Waals surface area contributed by atoms with Crippen LogP contribution in [0.3, 0.4) is 0 Å². The van der Waals surface area contributed by atoms with E-state index in [1.54, 1.807) is 11.3 Å². The quantitative estimate of drug-likeness (QED) is 0.178. The number of benzene rings is 7. The van der Waals surface area contributed by atoms with Gasteiger partial charge >= 0.3 is 0 Å². The third kappa shape index (κ3) is 4.03. The van der Waals surface area contributed by atoms with Crippen molar-refractivity contribution >= 4 is 85.9 Å². The van der Waals surface area contributed by atoms with Gasteiger partial charge in [0, 0.05) is 38.0 Å². The van der Waals surface area contributed by atoms with Gasteiger partial charge in [-0.2, -0.15) is 0 Å². The molecule has 0 aliphatic carbocycles. The van der Waals surface area contributed by atoms with Crippen molar-refractivity contribution in [3.8, 4) is 33.6 Å². The van der Waals surface area contributed by atoms with Gasteiger partial charge in [0.25, 0.3) is 0 Å². The van der Waals surface area contributed by atoms with Crippen LogP contribution in [0.1, 0.15) is 0 Å². The van der Waals surface area contributed by atoms with Gasteiger partial charge in [0.1, 0.15) is 11.3 Å². The number of hydrogen-bond acceptors (Lipinski definition) is 4. The van der Waals surface area contributed by atoms with Crippen molar-refractivity contribution in [1.82, 2.24) is 9.97 Å². The zero-order valence-corrected chi connectivity index (χ0v) is 27.5. The molecule has 50 heavy (non-hydrogen) atoms. The van der Waals surface area contributed by atoms with E-state index >= 15 is 0 Å². The highest BCUT2D eigenvalue weighted by Crippen LogP contribution is 2.42. The van der Waals surface area contributed by atoms with E-state index in [-0.39, 0.29) is 0 Å². The molecule has 0 atom stereocenters. The summed E-state index contributed by atoms with van der Waals surface area (Å²) in [4.78, 5) is 9.85. The molecule has 0 saturated carbocycles. The normalized spacial score (nSPS) is 12.0. The van der Waals surface area contributed by atoms with E-state index in [1.165, 1.54) is 53.4 Å². The van der Waals surface area contributed by atoms with Crippen LogP contribution in [0, 0.1) is 0 Å². The maximum absolute atomic E-state index is 6.63. The van der Waals surface area contributed by atoms with Gasteiger partial charge in [-0.05, 0) is 85.4 Å². The lowest BCUT2D eigenvalue weighted by atomic mass is 9.91. The number of pyridine rings is 2. The van der Waals surface area contributed by atoms with Crippen LogP contribution in [-0.4, -0.2) is 9.97 Å². The van der Waals surface area contributed by atoms with E-state index in [2.05, 4.69) is 152 Å². The summed E-state index contributed by atoms with van der Waals surface area (Å²) in [5.41, 5.74) is 7.66. The maximum Gasteiger partial charge on any atom is 0.227 e. The Bertz CT molecular complexity index is 3130. The molecule has 0 fully saturated rings. The van der Waals surface area contributed by atoms with Gasteiger partial charge < -0.3 is 4.42 Å². The summed E-state index contributed by atoms with van der Waals surface area (Å²) in [6.45, 7) is 0. The molecule has 0 radical (unpaired) electrons. The molecule has 0 N–H and O–H groups in total. The fourth-order valence-electron chi connectivity index (χ4n) is 7.83. The summed E-state index contributed by atoms with van der Waals surface area (Å²) < 4.78 is 9.02. The topological polar surface area (TPSA) is 38.9 Å². The lowest BCUT2D eigenvalue weighted by molar-refractivity contribution is 0.655. The fourth-order valence-corrected chi connectivity index (χ4v) is 9.02. The minimum Gasteiger partial charge on any atom is -0.437 e. The minimum atomic E-state index is 0.620. The predicted molar refractivity (Wildman–Crippen MR) is 211 cm³/mol. The molecular weight excluding hydrogens is 629 g/mol. The average molecular weight is 655 g/mol. The van der Waals surface area contributed by atoms with Crippen LogP contribution in [0.15, 0.2) is 162 Å². The van der Waals surface area contributed by atoms with Crippen molar-refractivity contribution in [3.63, 3.8) is 0 Å². The second-order valence-electron chi connectivity index (χ2n) is 12.9. The van der Waals surface area contributed by atoms with Gasteiger partial charge in [0.2, 0.25) is 5.71 Å². The first-order valence-electron chi connectivity index (χ1n) is 16.8. The number of rotatable bonds is 3. The third-order valence-electron chi connectivity index (χ3n) is 10.2. The molecule has 0 saturated heterocycles. The summed E-state index contributed by atoms with van der Waals surface area (Å²) in [5.74, 6) is 0. The Balaban J connectivity index is 1.04. The van der Waals surface area contributed by atoms with Gasteiger partial charge in [-0.25, -0.2) is 4.98 Å². The molecule has 0 bridgehead atoms. The van der Waals surface area contributed by atoms with Crippen molar-refractivity contribution in [2.45, 2.75) is 0 Å². The molecule has 3 nitrogen and oxygen atoms in total. The number of thiophene rings is 1. The highest BCUT2D eigenvalue weighted by atomic mass is 32.1. The minimum absolute atomic E-state index is 0.620. The van der Waals surface area contributed by atoms with Crippen LogP contribution in [0.4, 0.5) is 0 Å². The molecule has 4 aromatic heterocycles. The largest absolute Gasteiger partial charge is 0.437 e. The van der Waals surface area contributed by atoms with Crippen LogP contribution in [0.2, 0.25) is 0 Å². The number of hydrogen-bond donors (Lipinski definition) is 0. The summed E-state index contributed by atoms with van der Waals surface area (Å²) in [7, 11) is 0. The van der Waals surface area contributed by atoms with E-state index < -0.39 is 0 Å². The summed E-state index contributed by atoms with van der Waals surface area (Å²) >= 11 is 1.76. The molecule has 0 aliphatic rings. The lowest BCUT2D eigenvalue weighted by Crippen LogP contribution is -1.87. The number of para-hydroxylation sites is 1. The van der Waals surface area contributed by atoms with Crippen LogP contribution >= 0.6 is 11.3 Å².